The van der Waals surface area contributed by atoms with E-state index in [-0.39, 0.29) is 37.8 Å². The summed E-state index contributed by atoms with van der Waals surface area (Å²) < 4.78 is 0. The number of hydrogen-bond donors (Lipinski definition) is 16. The number of nitrogens with two attached hydrogens (primary N) is 1. The molecule has 0 spiro atoms. The maximum atomic E-state index is 15.0. The van der Waals surface area contributed by atoms with Crippen LogP contribution in [0.5, 0.6) is 0 Å². The Morgan fingerprint density at radius 2 is 0.747 bits per heavy atom. The average Bonchev–Trinajstić information content (AvgIpc) is 3.63. The summed E-state index contributed by atoms with van der Waals surface area (Å²) in [4.78, 5) is 156. The molecule has 0 aliphatic carbocycles. The van der Waals surface area contributed by atoms with E-state index in [1.807, 2.05) is 24.3 Å². The van der Waals surface area contributed by atoms with Crippen molar-refractivity contribution < 1.29 is 58.2 Å². The predicted molar refractivity (Wildman–Crippen MR) is 317 cm³/mol. The number of benzene rings is 4. The van der Waals surface area contributed by atoms with Crippen molar-refractivity contribution in [1.29, 1.82) is 0 Å². The smallest absolute Gasteiger partial charge is 0.322 e. The van der Waals surface area contributed by atoms with Crippen molar-refractivity contribution in [2.45, 2.75) is 74.8 Å². The molecule has 6 atom stereocenters. The first-order chi connectivity index (χ1) is 42.0. The van der Waals surface area contributed by atoms with Gasteiger partial charge >= 0.3 is 11.9 Å². The summed E-state index contributed by atoms with van der Waals surface area (Å²) in [5.41, 5.74) is 11.1. The molecule has 5 heterocycles. The second kappa shape index (κ2) is 28.0. The number of nitrogens with one attached hydrogen (secondary N) is 13. The van der Waals surface area contributed by atoms with Gasteiger partial charge in [-0.15, -0.1) is 0 Å². The number of fused-ring (bicyclic) bond motifs is 4. The summed E-state index contributed by atoms with van der Waals surface area (Å²) >= 11 is 0. The first-order valence-corrected chi connectivity index (χ1v) is 27.7. The number of carbonyl (C=O) groups is 10. The molecule has 4 aromatic carbocycles. The molecule has 0 saturated carbocycles. The van der Waals surface area contributed by atoms with Gasteiger partial charge < -0.3 is 83.4 Å². The molecule has 0 radical (unpaired) electrons. The summed E-state index contributed by atoms with van der Waals surface area (Å²) in [6, 6.07) is 19.6. The minimum Gasteiger partial charge on any atom is -0.481 e. The van der Waals surface area contributed by atoms with E-state index in [2.05, 4.69) is 72.4 Å². The number of carboxylic acids is 2. The molecular weight excluding hydrogens is 1120 g/mol. The van der Waals surface area contributed by atoms with Crippen molar-refractivity contribution in [3.63, 3.8) is 0 Å². The maximum absolute atomic E-state index is 15.0. The van der Waals surface area contributed by atoms with Crippen molar-refractivity contribution in [3.05, 3.63) is 162 Å². The number of nitrogens with zero attached hydrogens (tertiary/aromatic N) is 1. The molecule has 0 unspecified atom stereocenters. The lowest BCUT2D eigenvalue weighted by Gasteiger charge is -2.27. The van der Waals surface area contributed by atoms with E-state index < -0.39 is 122 Å². The average molecular weight is 1190 g/mol. The zero-order valence-corrected chi connectivity index (χ0v) is 46.5. The minimum atomic E-state index is -1.83. The number of para-hydroxylation sites is 4. The van der Waals surface area contributed by atoms with Crippen LogP contribution in [0.2, 0.25) is 0 Å². The third-order valence-corrected chi connectivity index (χ3v) is 14.6. The van der Waals surface area contributed by atoms with E-state index in [1.54, 1.807) is 97.6 Å². The molecule has 5 aromatic heterocycles. The number of rotatable bonds is 29. The second-order valence-electron chi connectivity index (χ2n) is 20.6. The predicted octanol–water partition coefficient (Wildman–Crippen LogP) is 0.507. The largest absolute Gasteiger partial charge is 0.481 e. The number of hydrogen-bond acceptors (Lipinski definition) is 12. The fourth-order valence-electron chi connectivity index (χ4n) is 10.3. The molecule has 27 nitrogen and oxygen atoms in total. The first-order valence-electron chi connectivity index (χ1n) is 27.7. The third kappa shape index (κ3) is 15.6. The number of aromatic nitrogens is 6. The molecule has 9 aromatic rings. The number of H-pyrrole nitrogens is 5. The number of carboxylic acid groups (broad SMARTS) is 2. The van der Waals surface area contributed by atoms with Crippen LogP contribution in [0, 0.1) is 0 Å². The van der Waals surface area contributed by atoms with Gasteiger partial charge in [-0.2, -0.15) is 0 Å². The Morgan fingerprint density at radius 3 is 1.14 bits per heavy atom. The van der Waals surface area contributed by atoms with Crippen LogP contribution in [-0.2, 0) is 80.0 Å². The van der Waals surface area contributed by atoms with E-state index >= 15 is 0 Å². The van der Waals surface area contributed by atoms with Crippen LogP contribution in [0.4, 0.5) is 0 Å². The Balaban J connectivity index is 0.962. The Kier molecular flexibility index (Phi) is 19.5. The van der Waals surface area contributed by atoms with Crippen molar-refractivity contribution in [2.24, 2.45) is 5.73 Å². The fourth-order valence-corrected chi connectivity index (χ4v) is 10.3. The van der Waals surface area contributed by atoms with Crippen LogP contribution >= 0.6 is 0 Å². The number of carbonyl (C=O) groups excluding carboxylic acids is 8. The topological polar surface area (TPSA) is 425 Å². The minimum absolute atomic E-state index is 0.0622. The first kappa shape index (κ1) is 60.5. The molecule has 8 amide bonds. The molecule has 0 fully saturated rings. The highest BCUT2D eigenvalue weighted by molar-refractivity contribution is 6.00. The van der Waals surface area contributed by atoms with Crippen LogP contribution in [0.15, 0.2) is 134 Å². The van der Waals surface area contributed by atoms with E-state index in [1.165, 1.54) is 12.5 Å². The van der Waals surface area contributed by atoms with Gasteiger partial charge in [-0.05, 0) is 46.5 Å². The van der Waals surface area contributed by atoms with Gasteiger partial charge in [0.25, 0.3) is 0 Å². The summed E-state index contributed by atoms with van der Waals surface area (Å²) in [6.07, 6.45) is 7.56. The monoisotopic (exact) mass is 1190 g/mol. The summed E-state index contributed by atoms with van der Waals surface area (Å²) in [5.74, 6) is -9.95. The fraction of sp³-hybridized carbons (Fsp3) is 0.250. The van der Waals surface area contributed by atoms with Crippen LogP contribution in [0.1, 0.15) is 34.4 Å². The Bertz CT molecular complexity index is 4000. The maximum Gasteiger partial charge on any atom is 0.322 e. The van der Waals surface area contributed by atoms with Gasteiger partial charge in [-0.1, -0.05) is 72.8 Å². The number of aliphatic carboxylic acids is 2. The molecular formula is C60H63N15O12. The van der Waals surface area contributed by atoms with E-state index in [0.29, 0.717) is 44.1 Å². The molecule has 27 heteroatoms. The normalized spacial score (nSPS) is 13.3. The molecule has 0 aliphatic heterocycles. The van der Waals surface area contributed by atoms with Crippen molar-refractivity contribution >= 4 is 103 Å². The molecule has 87 heavy (non-hydrogen) atoms. The summed E-state index contributed by atoms with van der Waals surface area (Å²) in [5, 5.41) is 42.8. The number of amides is 8. The molecule has 0 aliphatic rings. The zero-order valence-electron chi connectivity index (χ0n) is 46.5. The van der Waals surface area contributed by atoms with Gasteiger partial charge in [0.15, 0.2) is 0 Å². The highest BCUT2D eigenvalue weighted by Crippen LogP contribution is 2.23. The molecule has 0 bridgehead atoms. The highest BCUT2D eigenvalue weighted by atomic mass is 16.4. The highest BCUT2D eigenvalue weighted by Gasteiger charge is 2.35. The van der Waals surface area contributed by atoms with E-state index in [0.717, 1.165) is 21.8 Å². The molecule has 0 saturated heterocycles. The van der Waals surface area contributed by atoms with Crippen molar-refractivity contribution in [1.82, 2.24) is 72.4 Å². The molecule has 9 rings (SSSR count). The zero-order chi connectivity index (χ0) is 61.6. The van der Waals surface area contributed by atoms with Crippen molar-refractivity contribution in [2.75, 3.05) is 19.6 Å². The summed E-state index contributed by atoms with van der Waals surface area (Å²) in [6.45, 7) is -1.94. The van der Waals surface area contributed by atoms with Crippen LogP contribution < -0.4 is 48.3 Å². The standard InChI is InChI=1S/C60H63N15O12/c61-23-51(76)70-47(19-34-26-65-43-15-7-3-11-39(34)43)57(84)75-50(22-53(78)79)60(87)73-48(20-35-27-66-44-16-8-4-12-40(35)44)58(85)74-49(21-36-28-62-31-69-36)59(86)72-46(18-33-25-64-42-14-6-2-10-38(33)42)56(83)67-29-52(77)71-45(55(82)68-30-54(80)81)17-32-24-63-41-13-5-1-9-37(32)41/h1-16,24-28,31,45-50,63-66H,17-23,29-30,61H2,(H,62,69)(H,67,83)(H,68,82)(H,70,76)(H,71,77)(H,72,86)(H,73,87)(H,74,85)(H,75,84)(H,78,79)(H,80,81)/t45-,46-,47-,48-,49-,50-/m0/s1. The van der Waals surface area contributed by atoms with Gasteiger partial charge in [0.05, 0.1) is 31.5 Å². The number of aromatic amines is 5. The number of imidazole rings is 1. The molecule has 17 N–H and O–H groups in total. The second-order valence-corrected chi connectivity index (χ2v) is 20.6. The van der Waals surface area contributed by atoms with Crippen LogP contribution in [0.3, 0.4) is 0 Å². The van der Waals surface area contributed by atoms with Crippen molar-refractivity contribution in [3.8, 4) is 0 Å². The lowest BCUT2D eigenvalue weighted by Crippen LogP contribution is -2.60. The Labute approximate surface area is 494 Å². The van der Waals surface area contributed by atoms with Gasteiger partial charge in [-0.25, -0.2) is 4.98 Å². The van der Waals surface area contributed by atoms with Gasteiger partial charge in [0.2, 0.25) is 47.3 Å². The quantitative estimate of drug-likeness (QED) is 0.0304. The molecule has 450 valence electrons. The van der Waals surface area contributed by atoms with Gasteiger partial charge in [-0.3, -0.25) is 47.9 Å². The third-order valence-electron chi connectivity index (χ3n) is 14.6. The van der Waals surface area contributed by atoms with E-state index in [9.17, 15) is 58.2 Å². The lowest BCUT2D eigenvalue weighted by molar-refractivity contribution is -0.141. The van der Waals surface area contributed by atoms with Crippen LogP contribution in [0.25, 0.3) is 43.6 Å². The Hall–Kier alpha value is -11.1. The van der Waals surface area contributed by atoms with Gasteiger partial charge in [0, 0.05) is 107 Å². The van der Waals surface area contributed by atoms with Crippen LogP contribution in [-0.4, -0.2) is 155 Å². The lowest BCUT2D eigenvalue weighted by atomic mass is 10.0. The Morgan fingerprint density at radius 1 is 0.402 bits per heavy atom. The van der Waals surface area contributed by atoms with Gasteiger partial charge in [0.1, 0.15) is 42.8 Å². The SMILES string of the molecule is NCC(=O)N[C@@H](Cc1c[nH]c2ccccc12)C(=O)N[C@@H](CC(=O)O)C(=O)N[C@@H](Cc1c[nH]c2ccccc12)C(=O)N[C@@H](Cc1c[nH]cn1)C(=O)N[C@@H](Cc1c[nH]c2ccccc12)C(=O)NCC(=O)N[C@@H](Cc1c[nH]c2ccccc12)C(=O)NCC(=O)O. The summed E-state index contributed by atoms with van der Waals surface area (Å²) in [7, 11) is 0. The van der Waals surface area contributed by atoms with E-state index in [4.69, 9.17) is 5.73 Å².